The number of hydrogen-bond donors (Lipinski definition) is 1. The van der Waals surface area contributed by atoms with Crippen molar-refractivity contribution in [3.8, 4) is 0 Å². The number of esters is 1. The van der Waals surface area contributed by atoms with Crippen molar-refractivity contribution in [1.29, 1.82) is 0 Å². The van der Waals surface area contributed by atoms with E-state index in [2.05, 4.69) is 23.7 Å². The number of fused-ring (bicyclic) bond motifs is 1. The zero-order valence-electron chi connectivity index (χ0n) is 19.0. The highest BCUT2D eigenvalue weighted by Gasteiger charge is 2.27. The summed E-state index contributed by atoms with van der Waals surface area (Å²) in [6, 6.07) is 5.65. The highest BCUT2D eigenvalue weighted by Crippen LogP contribution is 2.30. The van der Waals surface area contributed by atoms with E-state index in [-0.39, 0.29) is 30.4 Å². The predicted molar refractivity (Wildman–Crippen MR) is 121 cm³/mol. The van der Waals surface area contributed by atoms with Gasteiger partial charge in [-0.05, 0) is 37.0 Å². The van der Waals surface area contributed by atoms with Gasteiger partial charge in [-0.3, -0.25) is 9.59 Å². The van der Waals surface area contributed by atoms with Gasteiger partial charge in [-0.2, -0.15) is 0 Å². The fourth-order valence-electron chi connectivity index (χ4n) is 4.98. The predicted octanol–water partition coefficient (Wildman–Crippen LogP) is 4.64. The average Bonchev–Trinajstić information content (AvgIpc) is 3.35. The Morgan fingerprint density at radius 2 is 2.10 bits per heavy atom. The summed E-state index contributed by atoms with van der Waals surface area (Å²) in [4.78, 5) is 29.5. The van der Waals surface area contributed by atoms with E-state index in [1.165, 1.54) is 25.7 Å². The number of amides is 1. The molecule has 1 aromatic heterocycles. The Morgan fingerprint density at radius 3 is 2.81 bits per heavy atom. The normalized spacial score (nSPS) is 23.1. The van der Waals surface area contributed by atoms with Gasteiger partial charge in [0.2, 0.25) is 0 Å². The van der Waals surface area contributed by atoms with Crippen molar-refractivity contribution in [2.75, 3.05) is 0 Å². The van der Waals surface area contributed by atoms with Crippen molar-refractivity contribution in [3.63, 3.8) is 0 Å². The van der Waals surface area contributed by atoms with Crippen LogP contribution in [0.25, 0.3) is 11.0 Å². The molecule has 0 spiro atoms. The van der Waals surface area contributed by atoms with E-state index < -0.39 is 0 Å². The Labute approximate surface area is 184 Å². The second-order valence-electron chi connectivity index (χ2n) is 9.62. The van der Waals surface area contributed by atoms with Crippen molar-refractivity contribution in [3.05, 3.63) is 29.6 Å². The molecule has 2 aliphatic rings. The second-order valence-corrected chi connectivity index (χ2v) is 9.62. The summed E-state index contributed by atoms with van der Waals surface area (Å²) in [5.74, 6) is 2.06. The molecule has 1 saturated carbocycles. The van der Waals surface area contributed by atoms with Crippen molar-refractivity contribution >= 4 is 22.9 Å². The van der Waals surface area contributed by atoms with Gasteiger partial charge in [-0.1, -0.05) is 46.0 Å². The van der Waals surface area contributed by atoms with Crippen molar-refractivity contribution in [2.45, 2.75) is 90.8 Å². The topological polar surface area (TPSA) is 73.2 Å². The number of nitrogens with zero attached hydrogens (tertiary/aromatic N) is 2. The van der Waals surface area contributed by atoms with Crippen LogP contribution in [0.1, 0.15) is 81.9 Å². The molecule has 2 heterocycles. The van der Waals surface area contributed by atoms with Crippen LogP contribution in [-0.4, -0.2) is 33.6 Å². The van der Waals surface area contributed by atoms with Gasteiger partial charge in [0.1, 0.15) is 11.9 Å². The standard InChI is InChI=1S/C25H35N3O3/c1-4-16(2)15-28-22-10-9-19(25(30)26-20-11-17(3)31-24(29)14-20)13-21(22)27-23(28)12-18-7-5-6-8-18/h9-10,13,16-18,20H,4-8,11-12,14-15H2,1-3H3,(H,26,30)/t16?,17?,20-/m0/s1. The summed E-state index contributed by atoms with van der Waals surface area (Å²) in [5.41, 5.74) is 2.60. The summed E-state index contributed by atoms with van der Waals surface area (Å²) in [7, 11) is 0. The van der Waals surface area contributed by atoms with E-state index in [0.717, 1.165) is 42.2 Å². The number of nitrogens with one attached hydrogen (secondary N) is 1. The Hall–Kier alpha value is -2.37. The van der Waals surface area contributed by atoms with E-state index in [4.69, 9.17) is 9.72 Å². The quantitative estimate of drug-likeness (QED) is 0.656. The van der Waals surface area contributed by atoms with E-state index in [1.807, 2.05) is 25.1 Å². The lowest BCUT2D eigenvalue weighted by Crippen LogP contribution is -2.43. The molecule has 6 heteroatoms. The van der Waals surface area contributed by atoms with Crippen LogP contribution >= 0.6 is 0 Å². The molecule has 0 bridgehead atoms. The molecule has 4 rings (SSSR count). The number of rotatable bonds is 7. The van der Waals surface area contributed by atoms with E-state index in [1.54, 1.807) is 0 Å². The number of carbonyl (C=O) groups is 2. The molecule has 168 valence electrons. The van der Waals surface area contributed by atoms with Gasteiger partial charge in [-0.25, -0.2) is 4.98 Å². The van der Waals surface area contributed by atoms with Crippen LogP contribution in [-0.2, 0) is 22.5 Å². The summed E-state index contributed by atoms with van der Waals surface area (Å²) in [6.45, 7) is 7.33. The molecule has 0 radical (unpaired) electrons. The number of aromatic nitrogens is 2. The van der Waals surface area contributed by atoms with E-state index in [9.17, 15) is 9.59 Å². The van der Waals surface area contributed by atoms with Crippen LogP contribution in [0, 0.1) is 11.8 Å². The molecule has 6 nitrogen and oxygen atoms in total. The first-order chi connectivity index (χ1) is 14.9. The highest BCUT2D eigenvalue weighted by atomic mass is 16.5. The Bertz CT molecular complexity index is 945. The monoisotopic (exact) mass is 425 g/mol. The number of imidazole rings is 1. The smallest absolute Gasteiger partial charge is 0.308 e. The third-order valence-corrected chi connectivity index (χ3v) is 6.92. The number of hydrogen-bond acceptors (Lipinski definition) is 4. The first-order valence-corrected chi connectivity index (χ1v) is 11.9. The zero-order chi connectivity index (χ0) is 22.0. The third kappa shape index (κ3) is 5.10. The molecule has 1 saturated heterocycles. The van der Waals surface area contributed by atoms with Crippen LogP contribution in [0.5, 0.6) is 0 Å². The van der Waals surface area contributed by atoms with Crippen LogP contribution < -0.4 is 5.32 Å². The summed E-state index contributed by atoms with van der Waals surface area (Å²) in [6.07, 6.45) is 8.11. The summed E-state index contributed by atoms with van der Waals surface area (Å²) in [5, 5.41) is 3.01. The second kappa shape index (κ2) is 9.41. The van der Waals surface area contributed by atoms with Crippen molar-refractivity contribution in [1.82, 2.24) is 14.9 Å². The average molecular weight is 426 g/mol. The van der Waals surface area contributed by atoms with Crippen LogP contribution in [0.3, 0.4) is 0 Å². The largest absolute Gasteiger partial charge is 0.463 e. The minimum Gasteiger partial charge on any atom is -0.463 e. The minimum atomic E-state index is -0.250. The lowest BCUT2D eigenvalue weighted by atomic mass is 10.0. The van der Waals surface area contributed by atoms with E-state index in [0.29, 0.717) is 17.9 Å². The highest BCUT2D eigenvalue weighted by molar-refractivity contribution is 5.97. The number of cyclic esters (lactones) is 1. The minimum absolute atomic E-state index is 0.150. The third-order valence-electron chi connectivity index (χ3n) is 6.92. The number of carbonyl (C=O) groups excluding carboxylic acids is 2. The molecular weight excluding hydrogens is 390 g/mol. The fourth-order valence-corrected chi connectivity index (χ4v) is 4.98. The molecule has 2 fully saturated rings. The van der Waals surface area contributed by atoms with Crippen LogP contribution in [0.15, 0.2) is 18.2 Å². The number of benzene rings is 1. The zero-order valence-corrected chi connectivity index (χ0v) is 19.0. The van der Waals surface area contributed by atoms with Gasteiger partial charge in [0, 0.05) is 31.0 Å². The Morgan fingerprint density at radius 1 is 1.32 bits per heavy atom. The molecule has 2 unspecified atom stereocenters. The molecule has 3 atom stereocenters. The SMILES string of the molecule is CCC(C)Cn1c(CC2CCCC2)nc2cc(C(=O)N[C@@H]3CC(=O)OC(C)C3)ccc21. The molecule has 1 aromatic carbocycles. The van der Waals surface area contributed by atoms with Gasteiger partial charge in [-0.15, -0.1) is 0 Å². The molecule has 1 aliphatic carbocycles. The summed E-state index contributed by atoms with van der Waals surface area (Å²) >= 11 is 0. The number of ether oxygens (including phenoxy) is 1. The van der Waals surface area contributed by atoms with Gasteiger partial charge >= 0.3 is 5.97 Å². The van der Waals surface area contributed by atoms with Gasteiger partial charge in [0.15, 0.2) is 0 Å². The molecule has 1 amide bonds. The molecule has 2 aromatic rings. The van der Waals surface area contributed by atoms with Crippen molar-refractivity contribution < 1.29 is 14.3 Å². The van der Waals surface area contributed by atoms with Gasteiger partial charge < -0.3 is 14.6 Å². The first kappa shape index (κ1) is 21.8. The van der Waals surface area contributed by atoms with Crippen LogP contribution in [0.4, 0.5) is 0 Å². The molecular formula is C25H35N3O3. The maximum Gasteiger partial charge on any atom is 0.308 e. The van der Waals surface area contributed by atoms with Crippen molar-refractivity contribution in [2.24, 2.45) is 11.8 Å². The Balaban J connectivity index is 1.57. The maximum atomic E-state index is 12.9. The molecule has 31 heavy (non-hydrogen) atoms. The first-order valence-electron chi connectivity index (χ1n) is 11.9. The lowest BCUT2D eigenvalue weighted by molar-refractivity contribution is -0.153. The lowest BCUT2D eigenvalue weighted by Gasteiger charge is -2.27. The van der Waals surface area contributed by atoms with Gasteiger partial charge in [0.05, 0.1) is 17.5 Å². The molecule has 1 N–H and O–H groups in total. The Kier molecular flexibility index (Phi) is 6.63. The molecule has 1 aliphatic heterocycles. The summed E-state index contributed by atoms with van der Waals surface area (Å²) < 4.78 is 7.55. The van der Waals surface area contributed by atoms with E-state index >= 15 is 0 Å². The van der Waals surface area contributed by atoms with Gasteiger partial charge in [0.25, 0.3) is 5.91 Å². The fraction of sp³-hybridized carbons (Fsp3) is 0.640. The maximum absolute atomic E-state index is 12.9. The van der Waals surface area contributed by atoms with Crippen LogP contribution in [0.2, 0.25) is 0 Å².